The van der Waals surface area contributed by atoms with Crippen LogP contribution < -0.4 is 0 Å². The minimum atomic E-state index is 0.503. The van der Waals surface area contributed by atoms with E-state index in [9.17, 15) is 0 Å². The van der Waals surface area contributed by atoms with Crippen LogP contribution >= 0.6 is 11.6 Å². The molecule has 1 aliphatic rings. The first-order valence-corrected chi connectivity index (χ1v) is 39.6. The number of fused-ring (bicyclic) bond motifs is 18. The third-order valence-corrected chi connectivity index (χ3v) is 23.0. The lowest BCUT2D eigenvalue weighted by atomic mass is 9.96. The van der Waals surface area contributed by atoms with Gasteiger partial charge in [0.2, 0.25) is 0 Å². The van der Waals surface area contributed by atoms with Gasteiger partial charge in [-0.3, -0.25) is 0 Å². The highest BCUT2D eigenvalue weighted by Crippen LogP contribution is 2.48. The van der Waals surface area contributed by atoms with E-state index in [2.05, 4.69) is 259 Å². The molecule has 0 bridgehead atoms. The molecule has 1 aliphatic carbocycles. The van der Waals surface area contributed by atoms with Crippen LogP contribution in [0.2, 0.25) is 5.02 Å². The maximum atomic E-state index is 6.84. The predicted octanol–water partition coefficient (Wildman–Crippen LogP) is 28.5. The lowest BCUT2D eigenvalue weighted by Crippen LogP contribution is -2.04. The third kappa shape index (κ3) is 12.3. The molecule has 548 valence electrons. The fourth-order valence-corrected chi connectivity index (χ4v) is 17.4. The quantitative estimate of drug-likeness (QED) is 0.141. The van der Waals surface area contributed by atoms with Crippen LogP contribution in [0.25, 0.3) is 216 Å². The number of halogens is 1. The van der Waals surface area contributed by atoms with Crippen molar-refractivity contribution in [2.75, 3.05) is 0 Å². The zero-order chi connectivity index (χ0) is 77.4. The lowest BCUT2D eigenvalue weighted by Gasteiger charge is -2.16. The first-order valence-electron chi connectivity index (χ1n) is 39.3. The van der Waals surface area contributed by atoms with Gasteiger partial charge in [-0.05, 0) is 155 Å². The zero-order valence-corrected chi connectivity index (χ0v) is 63.7. The summed E-state index contributed by atoms with van der Waals surface area (Å²) >= 11 is 6.84. The molecule has 5 heterocycles. The van der Waals surface area contributed by atoms with Gasteiger partial charge >= 0.3 is 0 Å². The summed E-state index contributed by atoms with van der Waals surface area (Å²) in [4.78, 5) is 30.6. The SMILES string of the molecule is Clc1ccc2oc3ccccc3c2c1-c1nc(-c2ccccc2)nc(-c2ccc(-c3ccccc3)cc2)n1.c1ccc(-c2ccc(-c3nc(-c4ccccc4)nc(-c4c(-n5c6cc7ccccc7cc6c6c7ccccc7ccc65)ccc5oc6ccccc6c45)n3)cc2)cc1.c1ccc2cc3c(cc2c1)Cc1ccc2ccccc2c1-3. The molecule has 117 heavy (non-hydrogen) atoms. The summed E-state index contributed by atoms with van der Waals surface area (Å²) in [7, 11) is 0. The van der Waals surface area contributed by atoms with Gasteiger partial charge in [-0.25, -0.2) is 29.9 Å². The molecule has 0 amide bonds. The molecule has 0 fully saturated rings. The minimum absolute atomic E-state index is 0.503. The van der Waals surface area contributed by atoms with Crippen LogP contribution in [-0.2, 0) is 6.42 Å². The lowest BCUT2D eigenvalue weighted by molar-refractivity contribution is 0.668. The van der Waals surface area contributed by atoms with E-state index < -0.39 is 0 Å². The van der Waals surface area contributed by atoms with E-state index in [4.69, 9.17) is 50.3 Å². The Morgan fingerprint density at radius 3 is 1.16 bits per heavy atom. The van der Waals surface area contributed by atoms with E-state index in [1.807, 2.05) is 133 Å². The second-order valence-electron chi connectivity index (χ2n) is 29.6. The molecule has 9 nitrogen and oxygen atoms in total. The number of furan rings is 2. The number of hydrogen-bond acceptors (Lipinski definition) is 8. The average molecular weight is 1520 g/mol. The fourth-order valence-electron chi connectivity index (χ4n) is 17.2. The normalized spacial score (nSPS) is 11.8. The molecule has 0 N–H and O–H groups in total. The van der Waals surface area contributed by atoms with Crippen LogP contribution in [0.15, 0.2) is 397 Å². The Hall–Kier alpha value is -15.3. The van der Waals surface area contributed by atoms with Gasteiger partial charge in [-0.15, -0.1) is 0 Å². The van der Waals surface area contributed by atoms with E-state index >= 15 is 0 Å². The van der Waals surface area contributed by atoms with Crippen LogP contribution in [-0.4, -0.2) is 34.5 Å². The van der Waals surface area contributed by atoms with Gasteiger partial charge in [0.05, 0.1) is 27.3 Å². The van der Waals surface area contributed by atoms with Crippen molar-refractivity contribution in [3.05, 3.63) is 404 Å². The fraction of sp³-hybridized carbons (Fsp3) is 0.00935. The van der Waals surface area contributed by atoms with Gasteiger partial charge in [-0.1, -0.05) is 339 Å². The summed E-state index contributed by atoms with van der Waals surface area (Å²) < 4.78 is 15.1. The number of hydrogen-bond donors (Lipinski definition) is 0. The number of benzene rings is 18. The highest BCUT2D eigenvalue weighted by Gasteiger charge is 2.28. The van der Waals surface area contributed by atoms with Crippen LogP contribution in [0.5, 0.6) is 0 Å². The van der Waals surface area contributed by atoms with E-state index in [-0.39, 0.29) is 0 Å². The van der Waals surface area contributed by atoms with Crippen molar-refractivity contribution in [1.82, 2.24) is 34.5 Å². The smallest absolute Gasteiger partial charge is 0.166 e. The Balaban J connectivity index is 0.000000119. The zero-order valence-electron chi connectivity index (χ0n) is 63.0. The summed E-state index contributed by atoms with van der Waals surface area (Å²) in [6.45, 7) is 0. The molecule has 0 unspecified atom stereocenters. The van der Waals surface area contributed by atoms with Crippen LogP contribution in [0.4, 0.5) is 0 Å². The molecule has 0 aliphatic heterocycles. The maximum absolute atomic E-state index is 6.84. The van der Waals surface area contributed by atoms with Gasteiger partial charge in [-0.2, -0.15) is 0 Å². The molecule has 10 heteroatoms. The second-order valence-corrected chi connectivity index (χ2v) is 30.1. The topological polar surface area (TPSA) is 109 Å². The summed E-state index contributed by atoms with van der Waals surface area (Å²) in [5, 5.41) is 16.9. The van der Waals surface area contributed by atoms with Crippen molar-refractivity contribution >= 4 is 120 Å². The van der Waals surface area contributed by atoms with E-state index in [0.29, 0.717) is 40.0 Å². The van der Waals surface area contributed by atoms with Crippen molar-refractivity contribution < 1.29 is 8.83 Å². The Bertz CT molecular complexity index is 7840. The van der Waals surface area contributed by atoms with E-state index in [1.165, 1.54) is 76.1 Å². The van der Waals surface area contributed by atoms with Gasteiger partial charge in [0.1, 0.15) is 22.3 Å². The highest BCUT2D eigenvalue weighted by molar-refractivity contribution is 6.36. The van der Waals surface area contributed by atoms with Crippen LogP contribution in [0.1, 0.15) is 11.1 Å². The molecular formula is C107H66ClN7O2. The molecule has 0 saturated carbocycles. The second kappa shape index (κ2) is 28.7. The van der Waals surface area contributed by atoms with Crippen molar-refractivity contribution in [1.29, 1.82) is 0 Å². The summed E-state index contributed by atoms with van der Waals surface area (Å²) in [5.74, 6) is 3.43. The first kappa shape index (κ1) is 68.5. The maximum Gasteiger partial charge on any atom is 0.166 e. The minimum Gasteiger partial charge on any atom is -0.456 e. The number of para-hydroxylation sites is 2. The van der Waals surface area contributed by atoms with Crippen molar-refractivity contribution in [2.45, 2.75) is 6.42 Å². The first-order chi connectivity index (χ1) is 57.9. The van der Waals surface area contributed by atoms with Crippen LogP contribution in [0.3, 0.4) is 0 Å². The van der Waals surface area contributed by atoms with Gasteiger partial charge in [0.15, 0.2) is 34.9 Å². The number of aromatic nitrogens is 7. The van der Waals surface area contributed by atoms with E-state index in [0.717, 1.165) is 123 Å². The van der Waals surface area contributed by atoms with Crippen molar-refractivity contribution in [3.63, 3.8) is 0 Å². The molecule has 5 aromatic heterocycles. The molecule has 24 rings (SSSR count). The van der Waals surface area contributed by atoms with Gasteiger partial charge in [0, 0.05) is 60.1 Å². The molecular weight excluding hydrogens is 1450 g/mol. The molecule has 0 atom stereocenters. The highest BCUT2D eigenvalue weighted by atomic mass is 35.5. The molecule has 23 aromatic rings. The summed E-state index contributed by atoms with van der Waals surface area (Å²) in [6.07, 6.45) is 1.06. The molecule has 0 saturated heterocycles. The third-order valence-electron chi connectivity index (χ3n) is 22.7. The summed E-state index contributed by atoms with van der Waals surface area (Å²) in [5.41, 5.74) is 21.8. The molecule has 18 aromatic carbocycles. The van der Waals surface area contributed by atoms with Gasteiger partial charge < -0.3 is 13.4 Å². The van der Waals surface area contributed by atoms with Crippen molar-refractivity contribution in [3.8, 4) is 107 Å². The van der Waals surface area contributed by atoms with Crippen molar-refractivity contribution in [2.24, 2.45) is 0 Å². The Labute approximate surface area is 677 Å². The predicted molar refractivity (Wildman–Crippen MR) is 482 cm³/mol. The Morgan fingerprint density at radius 1 is 0.231 bits per heavy atom. The molecule has 0 spiro atoms. The monoisotopic (exact) mass is 1520 g/mol. The average Bonchev–Trinajstić information content (AvgIpc) is 1.54. The van der Waals surface area contributed by atoms with E-state index in [1.54, 1.807) is 0 Å². The Morgan fingerprint density at radius 2 is 0.615 bits per heavy atom. The van der Waals surface area contributed by atoms with Gasteiger partial charge in [0.25, 0.3) is 0 Å². The standard InChI is InChI=1S/C53H32N4O.C33H20ClN3O.C21H14/c1-3-13-33(14-4-1)34-23-25-37(26-24-34)52-54-51(36-16-5-2-6-17-36)55-53(56-52)50-44(29-30-47-49(50)41-21-11-12-22-46(41)58-47)57-43-28-27-35-15-9-10-20-40(35)48(43)42-31-38-18-7-8-19-39(38)32-45(42)57;34-26-19-20-28-29(25-13-7-8-14-27(25)38-28)30(26)33-36-31(23-11-5-2-6-12-23)35-32(37-33)24-17-15-22(16-18-24)21-9-3-1-4-10-21;1-2-7-16-13-20-18(11-15(16)6-1)12-17-10-9-14-5-3-4-8-19(14)21(17)20/h1-32H;1-20H;1-11,13H,12H2. The Kier molecular flexibility index (Phi) is 16.8. The molecule has 0 radical (unpaired) electrons. The van der Waals surface area contributed by atoms with Crippen LogP contribution in [0, 0.1) is 0 Å². The largest absolute Gasteiger partial charge is 0.456 e. The number of rotatable bonds is 9. The summed E-state index contributed by atoms with van der Waals surface area (Å²) in [6, 6.07) is 135. The number of nitrogens with zero attached hydrogens (tertiary/aromatic N) is 7.